The zero-order chi connectivity index (χ0) is 12.4. The predicted octanol–water partition coefficient (Wildman–Crippen LogP) is 3.79. The number of benzene rings is 1. The molecule has 2 aromatic rings. The van der Waals surface area contributed by atoms with Crippen LogP contribution in [0.1, 0.15) is 11.1 Å². The quantitative estimate of drug-likeness (QED) is 0.885. The molecule has 2 rings (SSSR count). The molecule has 0 bridgehead atoms. The highest BCUT2D eigenvalue weighted by Gasteiger charge is 2.02. The van der Waals surface area contributed by atoms with Crippen LogP contribution >= 0.6 is 15.9 Å². The van der Waals surface area contributed by atoms with E-state index in [1.807, 2.05) is 38.1 Å². The van der Waals surface area contributed by atoms with Gasteiger partial charge in [0.05, 0.1) is 5.69 Å². The molecule has 88 valence electrons. The van der Waals surface area contributed by atoms with Crippen LogP contribution in [0.15, 0.2) is 34.9 Å². The highest BCUT2D eigenvalue weighted by Crippen LogP contribution is 2.24. The molecule has 0 aliphatic heterocycles. The molecular formula is C13H14BrN3. The van der Waals surface area contributed by atoms with E-state index in [1.165, 1.54) is 5.56 Å². The van der Waals surface area contributed by atoms with Crippen molar-refractivity contribution in [3.63, 3.8) is 0 Å². The van der Waals surface area contributed by atoms with Crippen LogP contribution in [0.3, 0.4) is 0 Å². The third-order valence-electron chi connectivity index (χ3n) is 2.47. The van der Waals surface area contributed by atoms with Gasteiger partial charge in [0.25, 0.3) is 0 Å². The van der Waals surface area contributed by atoms with Crippen LogP contribution in [0.25, 0.3) is 0 Å². The van der Waals surface area contributed by atoms with Gasteiger partial charge in [0.2, 0.25) is 0 Å². The van der Waals surface area contributed by atoms with Gasteiger partial charge in [-0.1, -0.05) is 15.9 Å². The summed E-state index contributed by atoms with van der Waals surface area (Å²) in [6.45, 7) is 4.01. The topological polar surface area (TPSA) is 50.9 Å². The Bertz CT molecular complexity index is 552. The van der Waals surface area contributed by atoms with E-state index in [4.69, 9.17) is 5.73 Å². The summed E-state index contributed by atoms with van der Waals surface area (Å²) < 4.78 is 1.09. The number of rotatable bonds is 2. The van der Waals surface area contributed by atoms with Gasteiger partial charge in [0.1, 0.15) is 0 Å². The summed E-state index contributed by atoms with van der Waals surface area (Å²) >= 11 is 3.47. The monoisotopic (exact) mass is 291 g/mol. The van der Waals surface area contributed by atoms with E-state index in [9.17, 15) is 0 Å². The minimum Gasteiger partial charge on any atom is -0.396 e. The molecule has 0 saturated heterocycles. The van der Waals surface area contributed by atoms with Gasteiger partial charge in [0.15, 0.2) is 5.82 Å². The Kier molecular flexibility index (Phi) is 3.33. The van der Waals surface area contributed by atoms with Crippen molar-refractivity contribution in [1.29, 1.82) is 0 Å². The first-order valence-electron chi connectivity index (χ1n) is 5.31. The van der Waals surface area contributed by atoms with Gasteiger partial charge < -0.3 is 11.1 Å². The molecule has 1 aromatic carbocycles. The lowest BCUT2D eigenvalue weighted by Gasteiger charge is -2.10. The molecule has 0 saturated carbocycles. The second kappa shape index (κ2) is 4.75. The van der Waals surface area contributed by atoms with Crippen molar-refractivity contribution in [2.45, 2.75) is 13.8 Å². The Morgan fingerprint density at radius 2 is 2.00 bits per heavy atom. The third kappa shape index (κ3) is 2.77. The van der Waals surface area contributed by atoms with Crippen molar-refractivity contribution in [3.8, 4) is 0 Å². The number of aromatic nitrogens is 1. The number of nitrogens with two attached hydrogens (primary N) is 1. The number of halogens is 1. The van der Waals surface area contributed by atoms with E-state index in [0.717, 1.165) is 15.7 Å². The fraction of sp³-hybridized carbons (Fsp3) is 0.154. The fourth-order valence-corrected chi connectivity index (χ4v) is 1.80. The summed E-state index contributed by atoms with van der Waals surface area (Å²) in [6.07, 6.45) is 1.80. The van der Waals surface area contributed by atoms with Gasteiger partial charge >= 0.3 is 0 Å². The molecule has 0 fully saturated rings. The summed E-state index contributed by atoms with van der Waals surface area (Å²) in [7, 11) is 0. The second-order valence-corrected chi connectivity index (χ2v) is 4.89. The van der Waals surface area contributed by atoms with E-state index < -0.39 is 0 Å². The minimum atomic E-state index is 0.658. The molecule has 0 unspecified atom stereocenters. The predicted molar refractivity (Wildman–Crippen MR) is 75.5 cm³/mol. The Morgan fingerprint density at radius 1 is 1.24 bits per heavy atom. The van der Waals surface area contributed by atoms with E-state index in [2.05, 4.69) is 26.2 Å². The number of aryl methyl sites for hydroxylation is 2. The lowest BCUT2D eigenvalue weighted by atomic mass is 10.2. The summed E-state index contributed by atoms with van der Waals surface area (Å²) in [4.78, 5) is 4.28. The van der Waals surface area contributed by atoms with Crippen LogP contribution in [0.5, 0.6) is 0 Å². The van der Waals surface area contributed by atoms with Crippen LogP contribution in [-0.2, 0) is 0 Å². The molecule has 0 aliphatic carbocycles. The van der Waals surface area contributed by atoms with Gasteiger partial charge in [0, 0.05) is 16.4 Å². The summed E-state index contributed by atoms with van der Waals surface area (Å²) in [6, 6.07) is 7.94. The smallest absolute Gasteiger partial charge is 0.153 e. The summed E-state index contributed by atoms with van der Waals surface area (Å²) in [5.74, 6) is 0.692. The molecule has 17 heavy (non-hydrogen) atoms. The Hall–Kier alpha value is -1.55. The molecule has 0 radical (unpaired) electrons. The van der Waals surface area contributed by atoms with E-state index >= 15 is 0 Å². The maximum atomic E-state index is 5.90. The van der Waals surface area contributed by atoms with Crippen LogP contribution < -0.4 is 11.1 Å². The number of nitrogen functional groups attached to an aromatic ring is 1. The maximum Gasteiger partial charge on any atom is 0.153 e. The number of nitrogens with zero attached hydrogens (tertiary/aromatic N) is 1. The van der Waals surface area contributed by atoms with Crippen LogP contribution in [0.2, 0.25) is 0 Å². The molecule has 1 aromatic heterocycles. The van der Waals surface area contributed by atoms with Gasteiger partial charge in [-0.15, -0.1) is 0 Å². The molecule has 3 nitrogen and oxygen atoms in total. The molecule has 1 heterocycles. The Morgan fingerprint density at radius 3 is 2.65 bits per heavy atom. The molecule has 4 heteroatoms. The highest BCUT2D eigenvalue weighted by atomic mass is 79.9. The first-order chi connectivity index (χ1) is 8.06. The second-order valence-electron chi connectivity index (χ2n) is 4.04. The lowest BCUT2D eigenvalue weighted by Crippen LogP contribution is -1.99. The van der Waals surface area contributed by atoms with Gasteiger partial charge in [-0.2, -0.15) is 0 Å². The van der Waals surface area contributed by atoms with Crippen molar-refractivity contribution < 1.29 is 0 Å². The van der Waals surface area contributed by atoms with Crippen LogP contribution in [-0.4, -0.2) is 4.98 Å². The molecule has 0 spiro atoms. The van der Waals surface area contributed by atoms with Crippen LogP contribution in [0, 0.1) is 13.8 Å². The Labute approximate surface area is 109 Å². The van der Waals surface area contributed by atoms with Gasteiger partial charge in [-0.3, -0.25) is 0 Å². The first-order valence-corrected chi connectivity index (χ1v) is 6.11. The number of hydrogen-bond acceptors (Lipinski definition) is 3. The zero-order valence-electron chi connectivity index (χ0n) is 9.79. The number of pyridine rings is 1. The molecule has 0 aliphatic rings. The normalized spacial score (nSPS) is 10.3. The number of hydrogen-bond donors (Lipinski definition) is 2. The maximum absolute atomic E-state index is 5.90. The largest absolute Gasteiger partial charge is 0.396 e. The van der Waals surface area contributed by atoms with Crippen molar-refractivity contribution in [2.24, 2.45) is 0 Å². The number of nitrogens with one attached hydrogen (secondary N) is 1. The van der Waals surface area contributed by atoms with E-state index in [-0.39, 0.29) is 0 Å². The highest BCUT2D eigenvalue weighted by molar-refractivity contribution is 9.10. The SMILES string of the molecule is Cc1cnc(Nc2ccc(Br)c(C)c2)c(N)c1. The van der Waals surface area contributed by atoms with Crippen LogP contribution in [0.4, 0.5) is 17.2 Å². The number of anilines is 3. The van der Waals surface area contributed by atoms with Gasteiger partial charge in [-0.25, -0.2) is 4.98 Å². The summed E-state index contributed by atoms with van der Waals surface area (Å²) in [5.41, 5.74) is 9.76. The van der Waals surface area contributed by atoms with Crippen molar-refractivity contribution in [2.75, 3.05) is 11.1 Å². The van der Waals surface area contributed by atoms with E-state index in [1.54, 1.807) is 6.20 Å². The van der Waals surface area contributed by atoms with Crippen molar-refractivity contribution >= 4 is 33.1 Å². The summed E-state index contributed by atoms with van der Waals surface area (Å²) in [5, 5.41) is 3.21. The molecule has 3 N–H and O–H groups in total. The van der Waals surface area contributed by atoms with Crippen molar-refractivity contribution in [1.82, 2.24) is 4.98 Å². The van der Waals surface area contributed by atoms with Gasteiger partial charge in [-0.05, 0) is 49.2 Å². The molecular weight excluding hydrogens is 278 g/mol. The zero-order valence-corrected chi connectivity index (χ0v) is 11.4. The fourth-order valence-electron chi connectivity index (χ4n) is 1.56. The average Bonchev–Trinajstić information content (AvgIpc) is 2.27. The average molecular weight is 292 g/mol. The minimum absolute atomic E-state index is 0.658. The van der Waals surface area contributed by atoms with E-state index in [0.29, 0.717) is 11.5 Å². The third-order valence-corrected chi connectivity index (χ3v) is 3.36. The molecule has 0 atom stereocenters. The lowest BCUT2D eigenvalue weighted by molar-refractivity contribution is 1.26. The van der Waals surface area contributed by atoms with Crippen molar-refractivity contribution in [3.05, 3.63) is 46.1 Å². The first kappa shape index (κ1) is 11.9. The molecule has 0 amide bonds. The standard InChI is InChI=1S/C13H14BrN3/c1-8-5-12(15)13(16-7-8)17-10-3-4-11(14)9(2)6-10/h3-7H,15H2,1-2H3,(H,16,17). The Balaban J connectivity index is 2.28.